The number of hydrogen-bond acceptors (Lipinski definition) is 4. The van der Waals surface area contributed by atoms with Gasteiger partial charge in [0.1, 0.15) is 0 Å². The summed E-state index contributed by atoms with van der Waals surface area (Å²) in [5.41, 5.74) is 0.567. The van der Waals surface area contributed by atoms with Gasteiger partial charge in [-0.2, -0.15) is 0 Å². The van der Waals surface area contributed by atoms with Crippen molar-refractivity contribution in [2.45, 2.75) is 24.4 Å². The van der Waals surface area contributed by atoms with Crippen molar-refractivity contribution >= 4 is 0 Å². The summed E-state index contributed by atoms with van der Waals surface area (Å²) in [5.74, 6) is 0. The van der Waals surface area contributed by atoms with E-state index < -0.39 is 5.54 Å². The summed E-state index contributed by atoms with van der Waals surface area (Å²) >= 11 is 0. The van der Waals surface area contributed by atoms with Gasteiger partial charge in [0.2, 0.25) is 0 Å². The van der Waals surface area contributed by atoms with E-state index in [1.165, 1.54) is 12.8 Å². The minimum Gasteiger partial charge on any atom is -0.394 e. The molecule has 0 bridgehead atoms. The van der Waals surface area contributed by atoms with Crippen molar-refractivity contribution in [3.05, 3.63) is 35.9 Å². The molecule has 2 rings (SSSR count). The van der Waals surface area contributed by atoms with E-state index in [0.29, 0.717) is 25.9 Å². The second-order valence-corrected chi connectivity index (χ2v) is 5.07. The molecule has 0 saturated heterocycles. The molecule has 1 unspecified atom stereocenters. The van der Waals surface area contributed by atoms with Crippen LogP contribution in [-0.2, 0) is 15.0 Å². The van der Waals surface area contributed by atoms with Crippen LogP contribution in [0.3, 0.4) is 0 Å². The molecule has 0 aromatic heterocycles. The van der Waals surface area contributed by atoms with Crippen LogP contribution < -0.4 is 5.32 Å². The SMILES string of the molecule is COCCOCC(CO)(NC1CC1)c1ccccc1. The molecule has 0 spiro atoms. The second-order valence-electron chi connectivity index (χ2n) is 5.07. The topological polar surface area (TPSA) is 50.7 Å². The Morgan fingerprint density at radius 2 is 2.00 bits per heavy atom. The first kappa shape index (κ1) is 14.5. The summed E-state index contributed by atoms with van der Waals surface area (Å²) < 4.78 is 10.6. The average Bonchev–Trinajstić information content (AvgIpc) is 3.27. The van der Waals surface area contributed by atoms with Gasteiger partial charge in [0.15, 0.2) is 0 Å². The third kappa shape index (κ3) is 4.01. The van der Waals surface area contributed by atoms with Crippen LogP contribution in [0.5, 0.6) is 0 Å². The fourth-order valence-corrected chi connectivity index (χ4v) is 2.16. The van der Waals surface area contributed by atoms with Gasteiger partial charge >= 0.3 is 0 Å². The third-order valence-electron chi connectivity index (χ3n) is 3.43. The summed E-state index contributed by atoms with van der Waals surface area (Å²) in [5, 5.41) is 13.4. The van der Waals surface area contributed by atoms with E-state index in [0.717, 1.165) is 5.56 Å². The standard InChI is InChI=1S/C15H23NO3/c1-18-9-10-19-12-15(11-17,16-14-7-8-14)13-5-3-2-4-6-13/h2-6,14,16-17H,7-12H2,1H3. The average molecular weight is 265 g/mol. The first-order chi connectivity index (χ1) is 9.30. The molecule has 0 aliphatic heterocycles. The van der Waals surface area contributed by atoms with Gasteiger partial charge < -0.3 is 19.9 Å². The van der Waals surface area contributed by atoms with Gasteiger partial charge in [-0.15, -0.1) is 0 Å². The monoisotopic (exact) mass is 265 g/mol. The largest absolute Gasteiger partial charge is 0.394 e. The molecule has 4 nitrogen and oxygen atoms in total. The van der Waals surface area contributed by atoms with Crippen molar-refractivity contribution in [1.29, 1.82) is 0 Å². The lowest BCUT2D eigenvalue weighted by atomic mass is 9.91. The zero-order chi connectivity index (χ0) is 13.6. The highest BCUT2D eigenvalue weighted by atomic mass is 16.5. The quantitative estimate of drug-likeness (QED) is 0.661. The van der Waals surface area contributed by atoms with E-state index in [9.17, 15) is 5.11 Å². The number of ether oxygens (including phenoxy) is 2. The molecule has 1 aliphatic carbocycles. The summed E-state index contributed by atoms with van der Waals surface area (Å²) in [7, 11) is 1.66. The molecular formula is C15H23NO3. The van der Waals surface area contributed by atoms with Crippen LogP contribution in [0.25, 0.3) is 0 Å². The number of aliphatic hydroxyl groups excluding tert-OH is 1. The lowest BCUT2D eigenvalue weighted by molar-refractivity contribution is 0.00975. The third-order valence-corrected chi connectivity index (χ3v) is 3.43. The van der Waals surface area contributed by atoms with Crippen molar-refractivity contribution in [3.63, 3.8) is 0 Å². The molecule has 0 heterocycles. The van der Waals surface area contributed by atoms with Gasteiger partial charge in [-0.05, 0) is 18.4 Å². The highest BCUT2D eigenvalue weighted by Gasteiger charge is 2.37. The Morgan fingerprint density at radius 3 is 2.58 bits per heavy atom. The predicted octanol–water partition coefficient (Wildman–Crippen LogP) is 1.29. The number of methoxy groups -OCH3 is 1. The molecule has 1 saturated carbocycles. The summed E-state index contributed by atoms with van der Waals surface area (Å²) in [6, 6.07) is 10.5. The molecule has 2 N–H and O–H groups in total. The Balaban J connectivity index is 2.06. The van der Waals surface area contributed by atoms with Crippen molar-refractivity contribution < 1.29 is 14.6 Å². The smallest absolute Gasteiger partial charge is 0.0908 e. The molecule has 0 radical (unpaired) electrons. The predicted molar refractivity (Wildman–Crippen MR) is 74.1 cm³/mol. The Labute approximate surface area is 114 Å². The van der Waals surface area contributed by atoms with Gasteiger partial charge in [-0.1, -0.05) is 30.3 Å². The van der Waals surface area contributed by atoms with Crippen LogP contribution in [0.1, 0.15) is 18.4 Å². The van der Waals surface area contributed by atoms with Crippen LogP contribution in [0.2, 0.25) is 0 Å². The Bertz CT molecular complexity index is 367. The molecule has 1 fully saturated rings. The first-order valence-electron chi connectivity index (χ1n) is 6.81. The molecule has 0 amide bonds. The molecule has 1 aromatic carbocycles. The van der Waals surface area contributed by atoms with Gasteiger partial charge in [-0.3, -0.25) is 0 Å². The summed E-state index contributed by atoms with van der Waals surface area (Å²) in [6.45, 7) is 1.59. The van der Waals surface area contributed by atoms with Gasteiger partial charge in [0.25, 0.3) is 0 Å². The zero-order valence-electron chi connectivity index (χ0n) is 11.5. The number of hydrogen-bond donors (Lipinski definition) is 2. The number of aliphatic hydroxyl groups is 1. The normalized spacial score (nSPS) is 18.2. The van der Waals surface area contributed by atoms with Crippen LogP contribution in [0, 0.1) is 0 Å². The highest BCUT2D eigenvalue weighted by Crippen LogP contribution is 2.28. The van der Waals surface area contributed by atoms with Gasteiger partial charge in [0, 0.05) is 13.2 Å². The van der Waals surface area contributed by atoms with Crippen molar-refractivity contribution in [2.75, 3.05) is 33.5 Å². The van der Waals surface area contributed by atoms with E-state index in [1.54, 1.807) is 7.11 Å². The number of benzene rings is 1. The molecular weight excluding hydrogens is 242 g/mol. The lowest BCUT2D eigenvalue weighted by Gasteiger charge is -2.33. The molecule has 1 atom stereocenters. The molecule has 1 aromatic rings. The highest BCUT2D eigenvalue weighted by molar-refractivity contribution is 5.25. The molecule has 19 heavy (non-hydrogen) atoms. The minimum atomic E-state index is -0.504. The van der Waals surface area contributed by atoms with E-state index >= 15 is 0 Å². The van der Waals surface area contributed by atoms with Crippen LogP contribution >= 0.6 is 0 Å². The van der Waals surface area contributed by atoms with Crippen LogP contribution in [-0.4, -0.2) is 44.7 Å². The maximum Gasteiger partial charge on any atom is 0.0908 e. The van der Waals surface area contributed by atoms with E-state index in [4.69, 9.17) is 9.47 Å². The number of rotatable bonds is 9. The fourth-order valence-electron chi connectivity index (χ4n) is 2.16. The number of nitrogens with one attached hydrogen (secondary N) is 1. The minimum absolute atomic E-state index is 0.0283. The van der Waals surface area contributed by atoms with Crippen molar-refractivity contribution in [3.8, 4) is 0 Å². The maximum atomic E-state index is 9.89. The Morgan fingerprint density at radius 1 is 1.26 bits per heavy atom. The second kappa shape index (κ2) is 7.01. The van der Waals surface area contributed by atoms with E-state index in [2.05, 4.69) is 5.32 Å². The fraction of sp³-hybridized carbons (Fsp3) is 0.600. The zero-order valence-corrected chi connectivity index (χ0v) is 11.5. The van der Waals surface area contributed by atoms with E-state index in [1.807, 2.05) is 30.3 Å². The molecule has 106 valence electrons. The molecule has 1 aliphatic rings. The van der Waals surface area contributed by atoms with Gasteiger partial charge in [-0.25, -0.2) is 0 Å². The summed E-state index contributed by atoms with van der Waals surface area (Å²) in [4.78, 5) is 0. The lowest BCUT2D eigenvalue weighted by Crippen LogP contribution is -2.50. The van der Waals surface area contributed by atoms with Gasteiger partial charge in [0.05, 0.1) is 32.0 Å². The Kier molecular flexibility index (Phi) is 5.34. The first-order valence-corrected chi connectivity index (χ1v) is 6.81. The van der Waals surface area contributed by atoms with E-state index in [-0.39, 0.29) is 6.61 Å². The van der Waals surface area contributed by atoms with Crippen molar-refractivity contribution in [1.82, 2.24) is 5.32 Å². The maximum absolute atomic E-state index is 9.89. The summed E-state index contributed by atoms with van der Waals surface area (Å²) in [6.07, 6.45) is 2.35. The van der Waals surface area contributed by atoms with Crippen LogP contribution in [0.15, 0.2) is 30.3 Å². The van der Waals surface area contributed by atoms with Crippen LogP contribution in [0.4, 0.5) is 0 Å². The Hall–Kier alpha value is -0.940. The van der Waals surface area contributed by atoms with Crippen molar-refractivity contribution in [2.24, 2.45) is 0 Å². The molecule has 4 heteroatoms.